The van der Waals surface area contributed by atoms with Crippen molar-refractivity contribution in [1.82, 2.24) is 0 Å². The molecule has 0 bridgehead atoms. The summed E-state index contributed by atoms with van der Waals surface area (Å²) in [5.41, 5.74) is 3.05. The topological polar surface area (TPSA) is 0 Å². The van der Waals surface area contributed by atoms with Gasteiger partial charge in [0.2, 0.25) is 0 Å². The summed E-state index contributed by atoms with van der Waals surface area (Å²) in [6, 6.07) is 4.60. The maximum Gasteiger partial charge on any atom is 0.0320 e. The minimum atomic E-state index is 0.0853. The Bertz CT molecular complexity index is 649. The van der Waals surface area contributed by atoms with E-state index in [2.05, 4.69) is 116 Å². The lowest BCUT2D eigenvalue weighted by atomic mass is 9.51. The van der Waals surface area contributed by atoms with Crippen LogP contribution in [0.25, 0.3) is 0 Å². The van der Waals surface area contributed by atoms with Gasteiger partial charge in [0, 0.05) is 17.9 Å². The second kappa shape index (κ2) is 5.57. The molecule has 118 valence electrons. The number of allylic oxidation sites excluding steroid dienone is 4. The van der Waals surface area contributed by atoms with Gasteiger partial charge in [-0.25, -0.2) is 0 Å². The zero-order chi connectivity index (χ0) is 16.4. The Kier molecular flexibility index (Phi) is 4.42. The molecule has 0 saturated carbocycles. The van der Waals surface area contributed by atoms with Gasteiger partial charge in [0.25, 0.3) is 0 Å². The van der Waals surface area contributed by atoms with E-state index in [1.807, 2.05) is 0 Å². The molecule has 2 aliphatic carbocycles. The molecule has 0 amide bonds. The molecule has 0 saturated heterocycles. The average molecular weight is 554 g/mol. The molecular formula is C18H18Br4. The Hall–Kier alpha value is 0.620. The predicted octanol–water partition coefficient (Wildman–Crippen LogP) is 7.58. The summed E-state index contributed by atoms with van der Waals surface area (Å²) in [6.45, 7) is 9.46. The first-order valence-corrected chi connectivity index (χ1v) is 10.5. The maximum absolute atomic E-state index is 3.70. The largest absolute Gasteiger partial charge is 0.0645 e. The lowest BCUT2D eigenvalue weighted by Crippen LogP contribution is -2.48. The van der Waals surface area contributed by atoms with E-state index in [0.29, 0.717) is 11.8 Å². The Labute approximate surface area is 166 Å². The third-order valence-electron chi connectivity index (χ3n) is 5.38. The van der Waals surface area contributed by atoms with Crippen molar-refractivity contribution in [1.29, 1.82) is 0 Å². The highest BCUT2D eigenvalue weighted by Crippen LogP contribution is 2.57. The van der Waals surface area contributed by atoms with E-state index in [0.717, 1.165) is 17.9 Å². The molecule has 0 aliphatic heterocycles. The summed E-state index contributed by atoms with van der Waals surface area (Å²) in [4.78, 5) is 0. The Morgan fingerprint density at radius 1 is 0.682 bits per heavy atom. The molecule has 4 heteroatoms. The highest BCUT2D eigenvalue weighted by Gasteiger charge is 2.50. The van der Waals surface area contributed by atoms with Gasteiger partial charge in [0.1, 0.15) is 0 Å². The minimum Gasteiger partial charge on any atom is -0.0645 e. The molecule has 1 aromatic carbocycles. The fraction of sp³-hybridized carbons (Fsp3) is 0.444. The molecule has 1 aromatic rings. The van der Waals surface area contributed by atoms with E-state index >= 15 is 0 Å². The average Bonchev–Trinajstić information content (AvgIpc) is 2.42. The fourth-order valence-corrected chi connectivity index (χ4v) is 5.49. The van der Waals surface area contributed by atoms with E-state index in [-0.39, 0.29) is 10.8 Å². The number of fused-ring (bicyclic) bond motifs is 2. The number of hydrogen-bond acceptors (Lipinski definition) is 0. The number of hydrogen-bond donors (Lipinski definition) is 0. The van der Waals surface area contributed by atoms with Gasteiger partial charge in [0.15, 0.2) is 0 Å². The van der Waals surface area contributed by atoms with Crippen molar-refractivity contribution in [2.75, 3.05) is 0 Å². The molecule has 0 radical (unpaired) electrons. The van der Waals surface area contributed by atoms with Crippen LogP contribution in [0.2, 0.25) is 0 Å². The van der Waals surface area contributed by atoms with Crippen molar-refractivity contribution in [3.63, 3.8) is 0 Å². The molecule has 0 spiro atoms. The molecule has 2 aliphatic rings. The van der Waals surface area contributed by atoms with Crippen molar-refractivity contribution in [2.24, 2.45) is 11.8 Å². The second-order valence-corrected chi connectivity index (χ2v) is 10.8. The van der Waals surface area contributed by atoms with Crippen molar-refractivity contribution >= 4 is 63.7 Å². The van der Waals surface area contributed by atoms with Gasteiger partial charge in [-0.15, -0.1) is 0 Å². The molecular weight excluding hydrogens is 536 g/mol. The molecule has 0 N–H and O–H groups in total. The number of benzene rings is 1. The lowest BCUT2D eigenvalue weighted by molar-refractivity contribution is 0.189. The van der Waals surface area contributed by atoms with Crippen LogP contribution in [-0.2, 0) is 10.8 Å². The van der Waals surface area contributed by atoms with Crippen LogP contribution in [-0.4, -0.2) is 0 Å². The van der Waals surface area contributed by atoms with E-state index in [1.165, 1.54) is 11.1 Å². The van der Waals surface area contributed by atoms with Gasteiger partial charge in [-0.3, -0.25) is 0 Å². The summed E-state index contributed by atoms with van der Waals surface area (Å²) < 4.78 is 4.59. The third-order valence-corrected chi connectivity index (χ3v) is 9.14. The highest BCUT2D eigenvalue weighted by atomic mass is 79.9. The second-order valence-electron chi connectivity index (χ2n) is 7.34. The molecule has 2 atom stereocenters. The number of halogens is 4. The first kappa shape index (κ1) is 17.4. The van der Waals surface area contributed by atoms with Crippen LogP contribution in [0.1, 0.15) is 38.8 Å². The Morgan fingerprint density at radius 2 is 1.00 bits per heavy atom. The first-order valence-electron chi connectivity index (χ1n) is 7.32. The normalized spacial score (nSPS) is 28.4. The zero-order valence-corrected chi connectivity index (χ0v) is 19.3. The van der Waals surface area contributed by atoms with Gasteiger partial charge >= 0.3 is 0 Å². The molecule has 3 rings (SSSR count). The minimum absolute atomic E-state index is 0.0853. The molecule has 0 heterocycles. The van der Waals surface area contributed by atoms with Crippen molar-refractivity contribution in [3.05, 3.63) is 53.3 Å². The van der Waals surface area contributed by atoms with Gasteiger partial charge in [-0.05, 0) is 110 Å². The van der Waals surface area contributed by atoms with E-state index in [9.17, 15) is 0 Å². The van der Waals surface area contributed by atoms with Gasteiger partial charge in [-0.1, -0.05) is 39.8 Å². The van der Waals surface area contributed by atoms with E-state index in [4.69, 9.17) is 0 Å². The maximum atomic E-state index is 3.70. The van der Waals surface area contributed by atoms with E-state index < -0.39 is 0 Å². The quantitative estimate of drug-likeness (QED) is 0.311. The van der Waals surface area contributed by atoms with Gasteiger partial charge in [-0.2, -0.15) is 0 Å². The van der Waals surface area contributed by atoms with Crippen LogP contribution in [0.15, 0.2) is 42.2 Å². The molecule has 0 aromatic heterocycles. The summed E-state index contributed by atoms with van der Waals surface area (Å²) in [6.07, 6.45) is 4.77. The van der Waals surface area contributed by atoms with E-state index in [1.54, 1.807) is 0 Å². The van der Waals surface area contributed by atoms with Gasteiger partial charge in [0.05, 0.1) is 0 Å². The molecule has 22 heavy (non-hydrogen) atoms. The Balaban J connectivity index is 2.32. The van der Waals surface area contributed by atoms with Crippen LogP contribution in [0.4, 0.5) is 0 Å². The highest BCUT2D eigenvalue weighted by molar-refractivity contribution is 9.15. The monoisotopic (exact) mass is 550 g/mol. The summed E-state index contributed by atoms with van der Waals surface area (Å²) >= 11 is 14.8. The molecule has 0 nitrogen and oxygen atoms in total. The Morgan fingerprint density at radius 3 is 1.32 bits per heavy atom. The summed E-state index contributed by atoms with van der Waals surface area (Å²) in [7, 11) is 0. The van der Waals surface area contributed by atoms with Crippen LogP contribution in [0.5, 0.6) is 0 Å². The number of rotatable bonds is 0. The van der Waals surface area contributed by atoms with Crippen LogP contribution in [0, 0.1) is 11.8 Å². The lowest BCUT2D eigenvalue weighted by Gasteiger charge is -2.53. The van der Waals surface area contributed by atoms with Gasteiger partial charge < -0.3 is 0 Å². The smallest absolute Gasteiger partial charge is 0.0320 e. The van der Waals surface area contributed by atoms with Crippen LogP contribution < -0.4 is 0 Å². The molecule has 2 unspecified atom stereocenters. The summed E-state index contributed by atoms with van der Waals surface area (Å²) in [5.74, 6) is 0.942. The van der Waals surface area contributed by atoms with Crippen molar-refractivity contribution < 1.29 is 0 Å². The fourth-order valence-electron chi connectivity index (χ4n) is 3.97. The summed E-state index contributed by atoms with van der Waals surface area (Å²) in [5, 5.41) is 0. The molecule has 0 fully saturated rings. The zero-order valence-electron chi connectivity index (χ0n) is 13.0. The standard InChI is InChI=1S/C18H18Br4/c1-17(2)9-5-13(19)15(21)7-11(9)18(3,4)12-8-16(22)14(20)6-10(12)17/h5-9,11H,1-4H3. The van der Waals surface area contributed by atoms with Crippen LogP contribution >= 0.6 is 63.7 Å². The van der Waals surface area contributed by atoms with Crippen molar-refractivity contribution in [2.45, 2.75) is 38.5 Å². The first-order chi connectivity index (χ1) is 10.1. The third kappa shape index (κ3) is 2.48. The van der Waals surface area contributed by atoms with Crippen LogP contribution in [0.3, 0.4) is 0 Å². The van der Waals surface area contributed by atoms with Crippen molar-refractivity contribution in [3.8, 4) is 0 Å². The SMILES string of the molecule is CC1(C)c2cc(Br)c(Br)cc2C(C)(C)C2C=C(Br)C(Br)=CC21. The predicted molar refractivity (Wildman–Crippen MR) is 109 cm³/mol.